The van der Waals surface area contributed by atoms with Crippen LogP contribution in [0.2, 0.25) is 0 Å². The van der Waals surface area contributed by atoms with Crippen molar-refractivity contribution in [3.05, 3.63) is 23.3 Å². The molecule has 0 saturated carbocycles. The highest BCUT2D eigenvalue weighted by Gasteiger charge is 2.24. The summed E-state index contributed by atoms with van der Waals surface area (Å²) in [6.07, 6.45) is 3.93. The number of thioether (sulfide) groups is 2. The topological polar surface area (TPSA) is 84.8 Å². The molecule has 0 unspecified atom stereocenters. The summed E-state index contributed by atoms with van der Waals surface area (Å²) in [6, 6.07) is 3.32. The van der Waals surface area contributed by atoms with Crippen LogP contribution in [-0.2, 0) is 21.4 Å². The van der Waals surface area contributed by atoms with Crippen molar-refractivity contribution in [2.75, 3.05) is 23.8 Å². The number of aliphatic imine (C=N–C) groups is 1. The lowest BCUT2D eigenvalue weighted by atomic mass is 10.1. The molecule has 25 heavy (non-hydrogen) atoms. The predicted molar refractivity (Wildman–Crippen MR) is 107 cm³/mol. The lowest BCUT2D eigenvalue weighted by Crippen LogP contribution is -2.11. The summed E-state index contributed by atoms with van der Waals surface area (Å²) < 4.78 is 31.5. The van der Waals surface area contributed by atoms with Crippen molar-refractivity contribution in [2.24, 2.45) is 4.99 Å². The number of fused-ring (bicyclic) bond motifs is 1. The van der Waals surface area contributed by atoms with Crippen LogP contribution in [0.3, 0.4) is 0 Å². The normalized spacial score (nSPS) is 13.6. The van der Waals surface area contributed by atoms with Crippen molar-refractivity contribution in [1.82, 2.24) is 0 Å². The summed E-state index contributed by atoms with van der Waals surface area (Å²) >= 11 is 2.83. The maximum absolute atomic E-state index is 11.7. The van der Waals surface area contributed by atoms with Gasteiger partial charge in [0, 0.05) is 17.0 Å². The van der Waals surface area contributed by atoms with Crippen molar-refractivity contribution in [3.8, 4) is 0 Å². The molecular weight excluding hydrogens is 380 g/mol. The first kappa shape index (κ1) is 21.9. The molecule has 1 heterocycles. The molecule has 140 valence electrons. The first-order valence-electron chi connectivity index (χ1n) is 7.92. The summed E-state index contributed by atoms with van der Waals surface area (Å²) in [4.78, 5) is 16.8. The molecule has 0 fully saturated rings. The molecule has 0 amide bonds. The molecule has 0 saturated heterocycles. The standard InChI is InChI=1S/C14H18N2O4S3.C2H6/c1-4-5-15-14(21-2)22-12-7-10-9(8-20-13(10)17)6-11(12)16-23(3,18)19;1-2/h6-7,16H,4-5,8H2,1-3H3;1-2H3. The van der Waals surface area contributed by atoms with Crippen LogP contribution in [0.15, 0.2) is 22.0 Å². The number of ether oxygens (including phenoxy) is 1. The summed E-state index contributed by atoms with van der Waals surface area (Å²) in [5.41, 5.74) is 1.59. The van der Waals surface area contributed by atoms with Crippen LogP contribution in [-0.4, -0.2) is 37.8 Å². The molecule has 0 aromatic heterocycles. The second-order valence-electron chi connectivity index (χ2n) is 4.91. The van der Waals surface area contributed by atoms with Gasteiger partial charge >= 0.3 is 5.97 Å². The zero-order valence-electron chi connectivity index (χ0n) is 15.1. The Hall–Kier alpha value is -1.19. The Kier molecular flexibility index (Phi) is 8.81. The van der Waals surface area contributed by atoms with E-state index in [4.69, 9.17) is 4.74 Å². The van der Waals surface area contributed by atoms with Gasteiger partial charge in [0.2, 0.25) is 10.0 Å². The van der Waals surface area contributed by atoms with Gasteiger partial charge in [-0.15, -0.1) is 11.8 Å². The molecule has 9 heteroatoms. The summed E-state index contributed by atoms with van der Waals surface area (Å²) in [7, 11) is -3.43. The highest BCUT2D eigenvalue weighted by Crippen LogP contribution is 2.36. The van der Waals surface area contributed by atoms with E-state index in [0.29, 0.717) is 28.3 Å². The van der Waals surface area contributed by atoms with Crippen molar-refractivity contribution in [2.45, 2.75) is 38.7 Å². The number of rotatable bonds is 5. The quantitative estimate of drug-likeness (QED) is 0.346. The third-order valence-electron chi connectivity index (χ3n) is 2.92. The van der Waals surface area contributed by atoms with E-state index in [1.165, 1.54) is 23.5 Å². The minimum atomic E-state index is -3.43. The lowest BCUT2D eigenvalue weighted by molar-refractivity contribution is 0.0535. The number of hydrogen-bond acceptors (Lipinski definition) is 7. The van der Waals surface area contributed by atoms with Crippen LogP contribution in [0.25, 0.3) is 0 Å². The maximum atomic E-state index is 11.7. The number of sulfonamides is 1. The van der Waals surface area contributed by atoms with E-state index in [1.54, 1.807) is 12.1 Å². The first-order valence-corrected chi connectivity index (χ1v) is 11.9. The SMILES string of the molecule is CC.CCCN=C(SC)Sc1cc2c(cc1NS(C)(=O)=O)COC2=O. The molecule has 0 bridgehead atoms. The van der Waals surface area contributed by atoms with Gasteiger partial charge in [-0.1, -0.05) is 32.5 Å². The van der Waals surface area contributed by atoms with Gasteiger partial charge in [0.15, 0.2) is 0 Å². The second kappa shape index (κ2) is 10.1. The van der Waals surface area contributed by atoms with Gasteiger partial charge in [-0.25, -0.2) is 13.2 Å². The highest BCUT2D eigenvalue weighted by atomic mass is 32.2. The van der Waals surface area contributed by atoms with E-state index in [0.717, 1.165) is 17.1 Å². The molecule has 2 rings (SSSR count). The first-order chi connectivity index (χ1) is 11.8. The van der Waals surface area contributed by atoms with E-state index in [-0.39, 0.29) is 12.6 Å². The van der Waals surface area contributed by atoms with E-state index >= 15 is 0 Å². The Morgan fingerprint density at radius 3 is 2.60 bits per heavy atom. The maximum Gasteiger partial charge on any atom is 0.338 e. The van der Waals surface area contributed by atoms with Crippen molar-refractivity contribution >= 4 is 49.6 Å². The number of carbonyl (C=O) groups excluding carboxylic acids is 1. The van der Waals surface area contributed by atoms with Crippen molar-refractivity contribution < 1.29 is 17.9 Å². The largest absolute Gasteiger partial charge is 0.457 e. The Bertz CT molecular complexity index is 746. The molecule has 1 aromatic carbocycles. The van der Waals surface area contributed by atoms with Crippen molar-refractivity contribution in [3.63, 3.8) is 0 Å². The van der Waals surface area contributed by atoms with Crippen LogP contribution in [0.4, 0.5) is 5.69 Å². The molecule has 6 nitrogen and oxygen atoms in total. The van der Waals surface area contributed by atoms with E-state index in [2.05, 4.69) is 9.71 Å². The van der Waals surface area contributed by atoms with Crippen molar-refractivity contribution in [1.29, 1.82) is 0 Å². The summed E-state index contributed by atoms with van der Waals surface area (Å²) in [6.45, 7) is 6.90. The minimum Gasteiger partial charge on any atom is -0.457 e. The molecule has 1 aromatic rings. The summed E-state index contributed by atoms with van der Waals surface area (Å²) in [5.74, 6) is -0.385. The Balaban J connectivity index is 0.00000151. The van der Waals surface area contributed by atoms with Gasteiger partial charge in [0.1, 0.15) is 11.0 Å². The zero-order chi connectivity index (χ0) is 19.0. The number of nitrogens with zero attached hydrogens (tertiary/aromatic N) is 1. The molecule has 0 atom stereocenters. The van der Waals surface area contributed by atoms with Gasteiger partial charge in [-0.05, 0) is 24.8 Å². The van der Waals surface area contributed by atoms with Gasteiger partial charge < -0.3 is 4.74 Å². The molecule has 0 spiro atoms. The number of cyclic esters (lactones) is 1. The van der Waals surface area contributed by atoms with E-state index in [1.807, 2.05) is 27.0 Å². The predicted octanol–water partition coefficient (Wildman–Crippen LogP) is 3.98. The highest BCUT2D eigenvalue weighted by molar-refractivity contribution is 8.38. The number of carbonyl (C=O) groups is 1. The number of nitrogens with one attached hydrogen (secondary N) is 1. The van der Waals surface area contributed by atoms with Crippen LogP contribution in [0, 0.1) is 0 Å². The zero-order valence-corrected chi connectivity index (χ0v) is 17.5. The fourth-order valence-electron chi connectivity index (χ4n) is 1.95. The fourth-order valence-corrected chi connectivity index (χ4v) is 4.15. The number of anilines is 1. The average Bonchev–Trinajstić information content (AvgIpc) is 2.92. The van der Waals surface area contributed by atoms with Crippen LogP contribution in [0.5, 0.6) is 0 Å². The summed E-state index contributed by atoms with van der Waals surface area (Å²) in [5, 5.41) is 0. The lowest BCUT2D eigenvalue weighted by Gasteiger charge is -2.12. The molecule has 0 radical (unpaired) electrons. The van der Waals surface area contributed by atoms with Gasteiger partial charge in [0.05, 0.1) is 17.5 Å². The van der Waals surface area contributed by atoms with E-state index < -0.39 is 10.0 Å². The third-order valence-corrected chi connectivity index (χ3v) is 5.60. The van der Waals surface area contributed by atoms with Gasteiger partial charge in [-0.3, -0.25) is 9.71 Å². The third kappa shape index (κ3) is 6.56. The van der Waals surface area contributed by atoms with Crippen LogP contribution >= 0.6 is 23.5 Å². The monoisotopic (exact) mass is 404 g/mol. The van der Waals surface area contributed by atoms with Gasteiger partial charge in [-0.2, -0.15) is 0 Å². The Labute approximate surface area is 158 Å². The Morgan fingerprint density at radius 1 is 1.36 bits per heavy atom. The molecule has 1 aliphatic rings. The molecule has 1 aliphatic heterocycles. The number of benzene rings is 1. The Morgan fingerprint density at radius 2 is 2.04 bits per heavy atom. The smallest absolute Gasteiger partial charge is 0.338 e. The van der Waals surface area contributed by atoms with Crippen LogP contribution in [0.1, 0.15) is 43.1 Å². The van der Waals surface area contributed by atoms with Crippen LogP contribution < -0.4 is 4.72 Å². The fraction of sp³-hybridized carbons (Fsp3) is 0.500. The van der Waals surface area contributed by atoms with E-state index in [9.17, 15) is 13.2 Å². The average molecular weight is 405 g/mol. The molecule has 0 aliphatic carbocycles. The minimum absolute atomic E-state index is 0.164. The molecule has 1 N–H and O–H groups in total. The van der Waals surface area contributed by atoms with Gasteiger partial charge in [0.25, 0.3) is 0 Å². The number of esters is 1. The number of hydrogen-bond donors (Lipinski definition) is 1. The second-order valence-corrected chi connectivity index (χ2v) is 8.74. The molecular formula is C16H24N2O4S3.